The van der Waals surface area contributed by atoms with Gasteiger partial charge >= 0.3 is 0 Å². The Morgan fingerprint density at radius 3 is 2.41 bits per heavy atom. The molecule has 136 valence electrons. The van der Waals surface area contributed by atoms with Crippen LogP contribution < -0.4 is 10.6 Å². The third-order valence-electron chi connectivity index (χ3n) is 3.88. The number of benzene rings is 3. The van der Waals surface area contributed by atoms with Gasteiger partial charge in [0, 0.05) is 22.7 Å². The second-order valence-electron chi connectivity index (χ2n) is 5.82. The van der Waals surface area contributed by atoms with Crippen LogP contribution in [0.15, 0.2) is 72.8 Å². The van der Waals surface area contributed by atoms with E-state index in [0.717, 1.165) is 5.56 Å². The molecule has 3 aromatic rings. The Kier molecular flexibility index (Phi) is 6.16. The van der Waals surface area contributed by atoms with Crippen molar-refractivity contribution in [3.8, 4) is 0 Å². The Morgan fingerprint density at radius 1 is 1.00 bits per heavy atom. The number of hydrogen-bond donors (Lipinski definition) is 2. The van der Waals surface area contributed by atoms with Crippen LogP contribution in [0.5, 0.6) is 0 Å². The largest absolute Gasteiger partial charge is 0.358 e. The monoisotopic (exact) mass is 398 g/mol. The molecule has 3 rings (SSSR count). The van der Waals surface area contributed by atoms with Crippen molar-refractivity contribution in [2.75, 3.05) is 5.32 Å². The fraction of sp³-hybridized carbons (Fsp3) is 0.0476. The number of hydrogen-bond acceptors (Lipinski definition) is 2. The Morgan fingerprint density at radius 2 is 1.70 bits per heavy atom. The molecule has 2 N–H and O–H groups in total. The zero-order chi connectivity index (χ0) is 19.2. The fourth-order valence-corrected chi connectivity index (χ4v) is 2.86. The smallest absolute Gasteiger partial charge is 0.195 e. The number of halogens is 2. The Hall–Kier alpha value is -2.76. The molecule has 0 radical (unpaired) electrons. The minimum atomic E-state index is -0.287. The molecule has 6 heteroatoms. The van der Waals surface area contributed by atoms with E-state index in [9.17, 15) is 9.18 Å². The van der Waals surface area contributed by atoms with Crippen molar-refractivity contribution >= 4 is 40.4 Å². The standard InChI is InChI=1S/C21H16ClFN2OS/c22-16-8-11-19(18(12-16)20(26)15-4-2-1-3-5-15)25-21(27)24-13-14-6-9-17(23)10-7-14/h1-12H,13H2,(H2,24,25,27). The highest BCUT2D eigenvalue weighted by Gasteiger charge is 2.15. The molecule has 0 heterocycles. The summed E-state index contributed by atoms with van der Waals surface area (Å²) < 4.78 is 13.0. The molecule has 3 aromatic carbocycles. The van der Waals surface area contributed by atoms with E-state index >= 15 is 0 Å². The van der Waals surface area contributed by atoms with Crippen LogP contribution in [-0.2, 0) is 6.54 Å². The van der Waals surface area contributed by atoms with Gasteiger partial charge < -0.3 is 10.6 Å². The normalized spacial score (nSPS) is 10.3. The topological polar surface area (TPSA) is 41.1 Å². The molecule has 0 fully saturated rings. The zero-order valence-corrected chi connectivity index (χ0v) is 15.8. The summed E-state index contributed by atoms with van der Waals surface area (Å²) in [5.74, 6) is -0.438. The van der Waals surface area contributed by atoms with Crippen molar-refractivity contribution in [3.05, 3.63) is 100 Å². The Labute approximate surface area is 167 Å². The van der Waals surface area contributed by atoms with Crippen LogP contribution in [0.1, 0.15) is 21.5 Å². The molecule has 0 unspecified atom stereocenters. The van der Waals surface area contributed by atoms with Crippen molar-refractivity contribution in [1.29, 1.82) is 0 Å². The molecule has 0 atom stereocenters. The van der Waals surface area contributed by atoms with Gasteiger partial charge in [-0.15, -0.1) is 0 Å². The Bertz CT molecular complexity index is 962. The zero-order valence-electron chi connectivity index (χ0n) is 14.2. The average Bonchev–Trinajstić information content (AvgIpc) is 2.69. The number of anilines is 1. The molecule has 0 bridgehead atoms. The number of nitrogens with one attached hydrogen (secondary N) is 2. The van der Waals surface area contributed by atoms with Crippen molar-refractivity contribution in [2.24, 2.45) is 0 Å². The first-order chi connectivity index (χ1) is 13.0. The number of rotatable bonds is 5. The van der Waals surface area contributed by atoms with Crippen LogP contribution in [0.25, 0.3) is 0 Å². The fourth-order valence-electron chi connectivity index (χ4n) is 2.51. The van der Waals surface area contributed by atoms with Crippen LogP contribution >= 0.6 is 23.8 Å². The quantitative estimate of drug-likeness (QED) is 0.458. The van der Waals surface area contributed by atoms with Crippen molar-refractivity contribution in [2.45, 2.75) is 6.54 Å². The minimum Gasteiger partial charge on any atom is -0.358 e. The summed E-state index contributed by atoms with van der Waals surface area (Å²) in [5.41, 5.74) is 2.44. The summed E-state index contributed by atoms with van der Waals surface area (Å²) >= 11 is 11.4. The lowest BCUT2D eigenvalue weighted by molar-refractivity contribution is 0.103. The summed E-state index contributed by atoms with van der Waals surface area (Å²) in [5, 5.41) is 6.89. The van der Waals surface area contributed by atoms with Crippen molar-refractivity contribution < 1.29 is 9.18 Å². The molecule has 0 saturated carbocycles. The Balaban J connectivity index is 1.73. The first-order valence-corrected chi connectivity index (χ1v) is 9.00. The van der Waals surface area contributed by atoms with Gasteiger partial charge in [0.1, 0.15) is 5.82 Å². The number of thiocarbonyl (C=S) groups is 1. The molecule has 0 aliphatic rings. The lowest BCUT2D eigenvalue weighted by atomic mass is 10.0. The minimum absolute atomic E-state index is 0.151. The van der Waals surface area contributed by atoms with Crippen LogP contribution in [0.2, 0.25) is 5.02 Å². The van der Waals surface area contributed by atoms with E-state index in [1.54, 1.807) is 54.6 Å². The molecular formula is C21H16ClFN2OS. The molecule has 0 amide bonds. The maximum absolute atomic E-state index is 13.0. The van der Waals surface area contributed by atoms with Crippen LogP contribution in [0.3, 0.4) is 0 Å². The average molecular weight is 399 g/mol. The molecule has 0 aliphatic carbocycles. The first-order valence-electron chi connectivity index (χ1n) is 8.21. The molecule has 27 heavy (non-hydrogen) atoms. The highest BCUT2D eigenvalue weighted by atomic mass is 35.5. The van der Waals surface area contributed by atoms with E-state index in [-0.39, 0.29) is 11.6 Å². The van der Waals surface area contributed by atoms with Gasteiger partial charge in [-0.3, -0.25) is 4.79 Å². The van der Waals surface area contributed by atoms with Crippen molar-refractivity contribution in [1.82, 2.24) is 5.32 Å². The van der Waals surface area contributed by atoms with E-state index in [0.29, 0.717) is 33.5 Å². The third-order valence-corrected chi connectivity index (χ3v) is 4.36. The van der Waals surface area contributed by atoms with Gasteiger partial charge in [-0.1, -0.05) is 54.1 Å². The van der Waals surface area contributed by atoms with Gasteiger partial charge in [-0.25, -0.2) is 4.39 Å². The van der Waals surface area contributed by atoms with Gasteiger partial charge in [0.05, 0.1) is 5.69 Å². The van der Waals surface area contributed by atoms with E-state index in [1.165, 1.54) is 12.1 Å². The van der Waals surface area contributed by atoms with E-state index in [1.807, 2.05) is 6.07 Å². The summed E-state index contributed by atoms with van der Waals surface area (Å²) in [6.07, 6.45) is 0. The number of carbonyl (C=O) groups excluding carboxylic acids is 1. The summed E-state index contributed by atoms with van der Waals surface area (Å²) in [7, 11) is 0. The second kappa shape index (κ2) is 8.75. The van der Waals surface area contributed by atoms with Gasteiger partial charge in [0.15, 0.2) is 10.9 Å². The molecule has 0 aliphatic heterocycles. The van der Waals surface area contributed by atoms with Gasteiger partial charge in [0.2, 0.25) is 0 Å². The molecule has 0 spiro atoms. The predicted molar refractivity (Wildman–Crippen MR) is 111 cm³/mol. The first kappa shape index (κ1) is 19.0. The molecule has 3 nitrogen and oxygen atoms in total. The summed E-state index contributed by atoms with van der Waals surface area (Å²) in [6, 6.07) is 20.1. The lowest BCUT2D eigenvalue weighted by Crippen LogP contribution is -2.28. The molecule has 0 saturated heterocycles. The lowest BCUT2D eigenvalue weighted by Gasteiger charge is -2.14. The summed E-state index contributed by atoms with van der Waals surface area (Å²) in [4.78, 5) is 12.8. The maximum atomic E-state index is 13.0. The van der Waals surface area contributed by atoms with E-state index < -0.39 is 0 Å². The maximum Gasteiger partial charge on any atom is 0.195 e. The van der Waals surface area contributed by atoms with E-state index in [2.05, 4.69) is 10.6 Å². The van der Waals surface area contributed by atoms with E-state index in [4.69, 9.17) is 23.8 Å². The summed E-state index contributed by atoms with van der Waals surface area (Å²) in [6.45, 7) is 0.432. The highest BCUT2D eigenvalue weighted by Crippen LogP contribution is 2.23. The van der Waals surface area contributed by atoms with Gasteiger partial charge in [-0.05, 0) is 48.1 Å². The number of ketones is 1. The van der Waals surface area contributed by atoms with Crippen LogP contribution in [0, 0.1) is 5.82 Å². The third kappa shape index (κ3) is 5.12. The molecule has 0 aromatic heterocycles. The molecular weight excluding hydrogens is 383 g/mol. The highest BCUT2D eigenvalue weighted by molar-refractivity contribution is 7.80. The van der Waals surface area contributed by atoms with Crippen molar-refractivity contribution in [3.63, 3.8) is 0 Å². The van der Waals surface area contributed by atoms with Crippen LogP contribution in [0.4, 0.5) is 10.1 Å². The SMILES string of the molecule is O=C(c1ccccc1)c1cc(Cl)ccc1NC(=S)NCc1ccc(F)cc1. The van der Waals surface area contributed by atoms with Crippen LogP contribution in [-0.4, -0.2) is 10.9 Å². The second-order valence-corrected chi connectivity index (χ2v) is 6.66. The predicted octanol–water partition coefficient (Wildman–Crippen LogP) is 5.20. The van der Waals surface area contributed by atoms with Gasteiger partial charge in [-0.2, -0.15) is 0 Å². The van der Waals surface area contributed by atoms with Gasteiger partial charge in [0.25, 0.3) is 0 Å². The number of carbonyl (C=O) groups is 1.